The van der Waals surface area contributed by atoms with Crippen molar-refractivity contribution in [2.24, 2.45) is 0 Å². The summed E-state index contributed by atoms with van der Waals surface area (Å²) in [5.74, 6) is 1.27. The fraction of sp³-hybridized carbons (Fsp3) is 0.0714. The van der Waals surface area contributed by atoms with Crippen LogP contribution in [0, 0.1) is 11.3 Å². The van der Waals surface area contributed by atoms with Crippen molar-refractivity contribution < 1.29 is 4.74 Å². The van der Waals surface area contributed by atoms with Crippen LogP contribution >= 0.6 is 11.6 Å². The summed E-state index contributed by atoms with van der Waals surface area (Å²) in [5, 5.41) is 9.29. The van der Waals surface area contributed by atoms with E-state index >= 15 is 0 Å². The summed E-state index contributed by atoms with van der Waals surface area (Å²) in [7, 11) is 0. The number of hydrogen-bond acceptors (Lipinski definition) is 2. The van der Waals surface area contributed by atoms with Crippen molar-refractivity contribution in [3.8, 4) is 17.6 Å². The molecule has 0 saturated heterocycles. The lowest BCUT2D eigenvalue weighted by Crippen LogP contribution is -1.91. The number of ether oxygens (including phenoxy) is 1. The van der Waals surface area contributed by atoms with Crippen LogP contribution in [0.4, 0.5) is 0 Å². The Hall–Kier alpha value is -1.98. The summed E-state index contributed by atoms with van der Waals surface area (Å²) in [5.41, 5.74) is 0.856. The highest BCUT2D eigenvalue weighted by Crippen LogP contribution is 2.30. The van der Waals surface area contributed by atoms with Crippen LogP contribution in [0.25, 0.3) is 0 Å². The molecule has 0 fully saturated rings. The second kappa shape index (κ2) is 5.38. The van der Waals surface area contributed by atoms with Gasteiger partial charge in [-0.15, -0.1) is 0 Å². The molecule has 2 rings (SSSR count). The number of nitrogens with zero attached hydrogens (tertiary/aromatic N) is 1. The van der Waals surface area contributed by atoms with Crippen molar-refractivity contribution in [2.45, 2.75) is 6.42 Å². The molecule has 2 aromatic rings. The molecule has 0 aliphatic carbocycles. The average Bonchev–Trinajstić information content (AvgIpc) is 2.35. The van der Waals surface area contributed by atoms with Gasteiger partial charge in [0.25, 0.3) is 0 Å². The molecule has 0 bridgehead atoms. The van der Waals surface area contributed by atoms with Gasteiger partial charge in [-0.1, -0.05) is 41.9 Å². The van der Waals surface area contributed by atoms with Crippen LogP contribution in [0.5, 0.6) is 11.5 Å². The maximum absolute atomic E-state index is 8.73. The predicted octanol–water partition coefficient (Wildman–Crippen LogP) is 4.20. The van der Waals surface area contributed by atoms with Crippen molar-refractivity contribution in [3.05, 3.63) is 59.1 Å². The minimum absolute atomic E-state index is 0.320. The van der Waals surface area contributed by atoms with Crippen LogP contribution in [0.1, 0.15) is 5.56 Å². The lowest BCUT2D eigenvalue weighted by Gasteiger charge is -2.10. The van der Waals surface area contributed by atoms with Crippen LogP contribution in [0.3, 0.4) is 0 Å². The maximum atomic E-state index is 8.73. The van der Waals surface area contributed by atoms with E-state index in [2.05, 4.69) is 6.07 Å². The molecule has 17 heavy (non-hydrogen) atoms. The number of halogens is 1. The Bertz CT molecular complexity index is 560. The zero-order valence-electron chi connectivity index (χ0n) is 9.06. The molecule has 3 heteroatoms. The Morgan fingerprint density at radius 1 is 1.00 bits per heavy atom. The van der Waals surface area contributed by atoms with Crippen molar-refractivity contribution in [1.82, 2.24) is 0 Å². The number of nitriles is 1. The van der Waals surface area contributed by atoms with E-state index in [-0.39, 0.29) is 0 Å². The van der Waals surface area contributed by atoms with Crippen LogP contribution in [-0.2, 0) is 6.42 Å². The summed E-state index contributed by atoms with van der Waals surface area (Å²) in [6.07, 6.45) is 0.320. The maximum Gasteiger partial charge on any atom is 0.146 e. The van der Waals surface area contributed by atoms with Crippen LogP contribution in [0.2, 0.25) is 5.02 Å². The lowest BCUT2D eigenvalue weighted by molar-refractivity contribution is 0.478. The Morgan fingerprint density at radius 2 is 1.65 bits per heavy atom. The zero-order chi connectivity index (χ0) is 12.1. The average molecular weight is 244 g/mol. The zero-order valence-corrected chi connectivity index (χ0v) is 9.82. The Labute approximate surface area is 105 Å². The van der Waals surface area contributed by atoms with Gasteiger partial charge in [-0.3, -0.25) is 0 Å². The van der Waals surface area contributed by atoms with E-state index in [1.54, 1.807) is 12.1 Å². The van der Waals surface area contributed by atoms with Crippen LogP contribution in [-0.4, -0.2) is 0 Å². The first-order valence-corrected chi connectivity index (χ1v) is 5.56. The third-order valence-corrected chi connectivity index (χ3v) is 2.61. The van der Waals surface area contributed by atoms with E-state index in [9.17, 15) is 0 Å². The fourth-order valence-electron chi connectivity index (χ4n) is 1.48. The van der Waals surface area contributed by atoms with Crippen molar-refractivity contribution in [1.29, 1.82) is 5.26 Å². The monoisotopic (exact) mass is 243 g/mol. The van der Waals surface area contributed by atoms with Gasteiger partial charge in [-0.25, -0.2) is 0 Å². The molecule has 2 nitrogen and oxygen atoms in total. The number of para-hydroxylation sites is 2. The molecule has 84 valence electrons. The minimum Gasteiger partial charge on any atom is -0.455 e. The smallest absolute Gasteiger partial charge is 0.146 e. The number of rotatable bonds is 3. The van der Waals surface area contributed by atoms with Gasteiger partial charge in [0.2, 0.25) is 0 Å². The van der Waals surface area contributed by atoms with E-state index < -0.39 is 0 Å². The van der Waals surface area contributed by atoms with E-state index in [0.29, 0.717) is 22.9 Å². The van der Waals surface area contributed by atoms with Gasteiger partial charge in [-0.05, 0) is 18.2 Å². The molecule has 0 aliphatic heterocycles. The summed E-state index contributed by atoms with van der Waals surface area (Å²) in [6, 6.07) is 16.8. The van der Waals surface area contributed by atoms with Gasteiger partial charge in [-0.2, -0.15) is 5.26 Å². The molecule has 0 radical (unpaired) electrons. The molecule has 0 atom stereocenters. The largest absolute Gasteiger partial charge is 0.455 e. The summed E-state index contributed by atoms with van der Waals surface area (Å²) < 4.78 is 5.71. The second-order valence-electron chi connectivity index (χ2n) is 3.48. The quantitative estimate of drug-likeness (QED) is 0.810. The molecule has 0 saturated carbocycles. The van der Waals surface area contributed by atoms with E-state index in [1.807, 2.05) is 36.4 Å². The Kier molecular flexibility index (Phi) is 3.64. The molecule has 2 aromatic carbocycles. The van der Waals surface area contributed by atoms with Crippen LogP contribution in [0.15, 0.2) is 48.5 Å². The van der Waals surface area contributed by atoms with Crippen LogP contribution < -0.4 is 4.74 Å². The van der Waals surface area contributed by atoms with Crippen molar-refractivity contribution in [3.63, 3.8) is 0 Å². The summed E-state index contributed by atoms with van der Waals surface area (Å²) in [6.45, 7) is 0. The first-order valence-electron chi connectivity index (χ1n) is 5.18. The third kappa shape index (κ3) is 2.77. The molecule has 0 aliphatic rings. The summed E-state index contributed by atoms with van der Waals surface area (Å²) in [4.78, 5) is 0. The van der Waals surface area contributed by atoms with Gasteiger partial charge >= 0.3 is 0 Å². The second-order valence-corrected chi connectivity index (χ2v) is 3.88. The molecular weight excluding hydrogens is 234 g/mol. The highest BCUT2D eigenvalue weighted by atomic mass is 35.5. The van der Waals surface area contributed by atoms with E-state index in [4.69, 9.17) is 21.6 Å². The fourth-order valence-corrected chi connectivity index (χ4v) is 1.65. The molecule has 0 aromatic heterocycles. The molecule has 0 N–H and O–H groups in total. The lowest BCUT2D eigenvalue weighted by atomic mass is 10.1. The Morgan fingerprint density at radius 3 is 2.35 bits per heavy atom. The van der Waals surface area contributed by atoms with Gasteiger partial charge in [0, 0.05) is 5.56 Å². The molecule has 0 spiro atoms. The normalized spacial score (nSPS) is 9.65. The SMILES string of the molecule is N#CCc1ccccc1Oc1ccccc1Cl. The summed E-state index contributed by atoms with van der Waals surface area (Å²) >= 11 is 6.01. The first-order chi connectivity index (χ1) is 8.31. The highest BCUT2D eigenvalue weighted by Gasteiger charge is 2.06. The van der Waals surface area contributed by atoms with Gasteiger partial charge in [0.05, 0.1) is 17.5 Å². The number of benzene rings is 2. The van der Waals surface area contributed by atoms with Gasteiger partial charge in [0.15, 0.2) is 0 Å². The highest BCUT2D eigenvalue weighted by molar-refractivity contribution is 6.32. The van der Waals surface area contributed by atoms with E-state index in [0.717, 1.165) is 5.56 Å². The molecular formula is C14H10ClNO. The molecule has 0 amide bonds. The van der Waals surface area contributed by atoms with Gasteiger partial charge in [0.1, 0.15) is 11.5 Å². The Balaban J connectivity index is 2.31. The van der Waals surface area contributed by atoms with E-state index in [1.165, 1.54) is 0 Å². The molecule has 0 unspecified atom stereocenters. The molecule has 0 heterocycles. The first kappa shape index (κ1) is 11.5. The standard InChI is InChI=1S/C14H10ClNO/c15-12-6-2-4-8-14(12)17-13-7-3-1-5-11(13)9-10-16/h1-8H,9H2. The number of hydrogen-bond donors (Lipinski definition) is 0. The third-order valence-electron chi connectivity index (χ3n) is 2.30. The topological polar surface area (TPSA) is 33.0 Å². The minimum atomic E-state index is 0.320. The van der Waals surface area contributed by atoms with Crippen molar-refractivity contribution in [2.75, 3.05) is 0 Å². The predicted molar refractivity (Wildman–Crippen MR) is 67.3 cm³/mol. The van der Waals surface area contributed by atoms with Gasteiger partial charge < -0.3 is 4.74 Å². The van der Waals surface area contributed by atoms with Crippen molar-refractivity contribution >= 4 is 11.6 Å².